The van der Waals surface area contributed by atoms with Gasteiger partial charge in [0.2, 0.25) is 0 Å². The number of phenolic OH excluding ortho intramolecular Hbond substituents is 1. The Morgan fingerprint density at radius 2 is 1.79 bits per heavy atom. The van der Waals surface area contributed by atoms with E-state index >= 15 is 0 Å². The Hall–Kier alpha value is -2.77. The number of rotatable bonds is 5. The number of aromatic hydroxyl groups is 1. The molecule has 5 rings (SSSR count). The molecule has 0 spiro atoms. The Labute approximate surface area is 203 Å². The largest absolute Gasteiger partial charge is 0.507 e. The first-order valence-corrected chi connectivity index (χ1v) is 11.5. The fourth-order valence-electron chi connectivity index (χ4n) is 6.24. The third kappa shape index (κ3) is 4.12. The highest BCUT2D eigenvalue weighted by Gasteiger charge is 2.51. The summed E-state index contributed by atoms with van der Waals surface area (Å²) in [5.74, 6) is -0.178. The van der Waals surface area contributed by atoms with Crippen molar-refractivity contribution in [2.24, 2.45) is 10.8 Å². The fraction of sp³-hybridized carbons (Fsp3) is 0.458. The molecule has 1 unspecified atom stereocenters. The Balaban J connectivity index is 1.46. The van der Waals surface area contributed by atoms with Gasteiger partial charge in [-0.3, -0.25) is 5.10 Å². The molecule has 1 aromatic carbocycles. The zero-order valence-corrected chi connectivity index (χ0v) is 19.4. The van der Waals surface area contributed by atoms with Crippen LogP contribution in [-0.4, -0.2) is 60.3 Å². The zero-order valence-electron chi connectivity index (χ0n) is 19.4. The van der Waals surface area contributed by atoms with Crippen LogP contribution in [0.2, 0.25) is 0 Å². The van der Waals surface area contributed by atoms with Crippen molar-refractivity contribution in [2.75, 3.05) is 4.90 Å². The number of aromatic nitrogens is 4. The van der Waals surface area contributed by atoms with Crippen LogP contribution in [0.15, 0.2) is 36.7 Å². The van der Waals surface area contributed by atoms with Crippen molar-refractivity contribution in [1.29, 1.82) is 0 Å². The highest BCUT2D eigenvalue weighted by atomic mass is 19.1. The first-order chi connectivity index (χ1) is 16.0. The van der Waals surface area contributed by atoms with Gasteiger partial charge in [-0.05, 0) is 67.2 Å². The molecule has 168 valence electrons. The maximum atomic E-state index is 14.8. The summed E-state index contributed by atoms with van der Waals surface area (Å²) in [5.41, 5.74) is 1.75. The van der Waals surface area contributed by atoms with E-state index in [1.54, 1.807) is 23.2 Å². The van der Waals surface area contributed by atoms with Crippen LogP contribution in [0.3, 0.4) is 0 Å². The number of nitrogens with one attached hydrogen (secondary N) is 1. The molecule has 2 saturated carbocycles. The number of aromatic amines is 1. The molecule has 2 aliphatic carbocycles. The van der Waals surface area contributed by atoms with Gasteiger partial charge in [-0.2, -0.15) is 5.10 Å². The van der Waals surface area contributed by atoms with Gasteiger partial charge in [-0.15, -0.1) is 10.2 Å². The van der Waals surface area contributed by atoms with Crippen LogP contribution in [-0.2, 0) is 0 Å². The molecule has 6 nitrogen and oxygen atoms in total. The quantitative estimate of drug-likeness (QED) is 0.580. The molecule has 0 aliphatic heterocycles. The number of benzene rings is 1. The zero-order chi connectivity index (χ0) is 24.3. The lowest BCUT2D eigenvalue weighted by molar-refractivity contribution is 0.145. The van der Waals surface area contributed by atoms with Crippen molar-refractivity contribution in [3.63, 3.8) is 0 Å². The molecule has 2 fully saturated rings. The topological polar surface area (TPSA) is 77.9 Å². The van der Waals surface area contributed by atoms with E-state index in [2.05, 4.69) is 34.2 Å². The average Bonchev–Trinajstić information content (AvgIpc) is 3.35. The SMILES string of the molecule is [B]C([B])([B])N(c1ccc(-c2cc(F)c(-c3cn[nH]c3)cc2O)nn1)C1C[C@]2(C)CC[C@](C)(C1)C2. The Bertz CT molecular complexity index is 1180. The first kappa shape index (κ1) is 23.0. The lowest BCUT2D eigenvalue weighted by atomic mass is 9.47. The van der Waals surface area contributed by atoms with Gasteiger partial charge in [0.15, 0.2) is 0 Å². The maximum Gasteiger partial charge on any atom is 0.149 e. The molecule has 3 aromatic rings. The lowest BCUT2D eigenvalue weighted by Crippen LogP contribution is -2.58. The lowest BCUT2D eigenvalue weighted by Gasteiger charge is -2.51. The summed E-state index contributed by atoms with van der Waals surface area (Å²) in [7, 11) is 18.6. The van der Waals surface area contributed by atoms with Gasteiger partial charge in [0.25, 0.3) is 0 Å². The number of phenols is 1. The van der Waals surface area contributed by atoms with Crippen LogP contribution in [0.25, 0.3) is 22.4 Å². The number of H-pyrrole nitrogens is 1. The molecule has 10 heteroatoms. The number of anilines is 1. The predicted molar refractivity (Wildman–Crippen MR) is 132 cm³/mol. The van der Waals surface area contributed by atoms with Gasteiger partial charge in [-0.25, -0.2) is 4.39 Å². The van der Waals surface area contributed by atoms with Crippen molar-refractivity contribution >= 4 is 29.4 Å². The number of hydrogen-bond acceptors (Lipinski definition) is 5. The van der Waals surface area contributed by atoms with E-state index in [4.69, 9.17) is 23.5 Å². The summed E-state index contributed by atoms with van der Waals surface area (Å²) < 4.78 is 14.8. The van der Waals surface area contributed by atoms with Gasteiger partial charge >= 0.3 is 0 Å². The number of fused-ring (bicyclic) bond motifs is 2. The second kappa shape index (κ2) is 7.89. The van der Waals surface area contributed by atoms with Crippen molar-refractivity contribution in [3.8, 4) is 28.1 Å². The summed E-state index contributed by atoms with van der Waals surface area (Å²) in [4.78, 5) is 1.76. The van der Waals surface area contributed by atoms with E-state index in [0.717, 1.165) is 12.8 Å². The standard InChI is InChI=1S/C24H25B3FN5O/c1-22-5-6-23(2,13-22)10-15(9-22)33(24(25,26)27)21-4-3-19(31-32-21)17-7-18(28)16(8-20(17)34)14-11-29-30-12-14/h3-4,7-8,11-12,15,34H,5-6,9-10,13H2,1-2H3,(H,29,30)/t15?,22-,23+. The van der Waals surface area contributed by atoms with Crippen LogP contribution in [0.4, 0.5) is 10.2 Å². The Kier molecular flexibility index (Phi) is 5.34. The second-order valence-corrected chi connectivity index (χ2v) is 10.7. The molecule has 2 aliphatic rings. The molecular weight excluding hydrogens is 426 g/mol. The highest BCUT2D eigenvalue weighted by Crippen LogP contribution is 2.59. The molecule has 34 heavy (non-hydrogen) atoms. The summed E-state index contributed by atoms with van der Waals surface area (Å²) in [6.07, 6.45) is 8.40. The number of halogens is 1. The Morgan fingerprint density at radius 1 is 1.09 bits per heavy atom. The molecule has 2 heterocycles. The molecule has 2 aromatic heterocycles. The molecule has 2 N–H and O–H groups in total. The van der Waals surface area contributed by atoms with Crippen LogP contribution in [0.5, 0.6) is 5.75 Å². The van der Waals surface area contributed by atoms with E-state index in [1.165, 1.54) is 37.6 Å². The predicted octanol–water partition coefficient (Wildman–Crippen LogP) is 3.66. The highest BCUT2D eigenvalue weighted by molar-refractivity contribution is 6.60. The van der Waals surface area contributed by atoms with Gasteiger partial charge < -0.3 is 10.0 Å². The normalized spacial score (nSPS) is 26.5. The minimum atomic E-state index is -1.62. The molecule has 6 radical (unpaired) electrons. The second-order valence-electron chi connectivity index (χ2n) is 10.7. The molecule has 0 amide bonds. The van der Waals surface area contributed by atoms with E-state index < -0.39 is 11.1 Å². The summed E-state index contributed by atoms with van der Waals surface area (Å²) >= 11 is 0. The summed E-state index contributed by atoms with van der Waals surface area (Å²) in [6.45, 7) is 4.63. The van der Waals surface area contributed by atoms with Crippen molar-refractivity contribution in [3.05, 3.63) is 42.5 Å². The monoisotopic (exact) mass is 451 g/mol. The molecule has 2 bridgehead atoms. The first-order valence-electron chi connectivity index (χ1n) is 11.5. The van der Waals surface area contributed by atoms with Crippen molar-refractivity contribution < 1.29 is 9.50 Å². The van der Waals surface area contributed by atoms with Crippen molar-refractivity contribution in [2.45, 2.75) is 57.2 Å². The van der Waals surface area contributed by atoms with Gasteiger partial charge in [0, 0.05) is 28.9 Å². The van der Waals surface area contributed by atoms with E-state index in [-0.39, 0.29) is 33.7 Å². The molecule has 3 atom stereocenters. The van der Waals surface area contributed by atoms with Crippen LogP contribution in [0.1, 0.15) is 46.0 Å². The van der Waals surface area contributed by atoms with Crippen LogP contribution < -0.4 is 4.90 Å². The van der Waals surface area contributed by atoms with Gasteiger partial charge in [-0.1, -0.05) is 19.1 Å². The minimum Gasteiger partial charge on any atom is -0.507 e. The van der Waals surface area contributed by atoms with Crippen LogP contribution in [0, 0.1) is 16.6 Å². The average molecular weight is 451 g/mol. The van der Waals surface area contributed by atoms with Gasteiger partial charge in [0.05, 0.1) is 35.4 Å². The molecular formula is C24H25B3FN5O. The van der Waals surface area contributed by atoms with Gasteiger partial charge in [0.1, 0.15) is 17.4 Å². The van der Waals surface area contributed by atoms with Crippen LogP contribution >= 0.6 is 0 Å². The minimum absolute atomic E-state index is 0.0199. The maximum absolute atomic E-state index is 14.8. The smallest absolute Gasteiger partial charge is 0.149 e. The fourth-order valence-corrected chi connectivity index (χ4v) is 6.24. The van der Waals surface area contributed by atoms with Crippen molar-refractivity contribution in [1.82, 2.24) is 20.4 Å². The molecule has 0 saturated heterocycles. The number of nitrogens with zero attached hydrogens (tertiary/aromatic N) is 4. The third-order valence-electron chi connectivity index (χ3n) is 7.49. The van der Waals surface area contributed by atoms with E-state index in [1.807, 2.05) is 0 Å². The van der Waals surface area contributed by atoms with E-state index in [9.17, 15) is 9.50 Å². The summed E-state index contributed by atoms with van der Waals surface area (Å²) in [6, 6.07) is 5.98. The third-order valence-corrected chi connectivity index (χ3v) is 7.49. The summed E-state index contributed by atoms with van der Waals surface area (Å²) in [5, 5.41) is 24.0. The van der Waals surface area contributed by atoms with E-state index in [0.29, 0.717) is 17.1 Å². The Morgan fingerprint density at radius 3 is 2.35 bits per heavy atom. The number of hydrogen-bond donors (Lipinski definition) is 2.